The van der Waals surface area contributed by atoms with Crippen LogP contribution in [0.5, 0.6) is 11.5 Å². The van der Waals surface area contributed by atoms with Crippen molar-refractivity contribution in [2.24, 2.45) is 0 Å². The SMILES string of the molecule is COc1ccc(OC)c(-c2cccc(-c3cccc(NC(=O)c4ccc(F)cc4C(F)(F)F)c3)n2)c1. The number of carbonyl (C=O) groups is 1. The first-order chi connectivity index (χ1) is 17.2. The Morgan fingerprint density at radius 2 is 1.61 bits per heavy atom. The van der Waals surface area contributed by atoms with Crippen LogP contribution in [0.2, 0.25) is 0 Å². The molecule has 0 saturated carbocycles. The molecule has 0 unspecified atom stereocenters. The maximum absolute atomic E-state index is 13.4. The lowest BCUT2D eigenvalue weighted by atomic mass is 10.0. The lowest BCUT2D eigenvalue weighted by Crippen LogP contribution is -2.19. The topological polar surface area (TPSA) is 60.5 Å². The number of aromatic nitrogens is 1. The van der Waals surface area contributed by atoms with Crippen LogP contribution in [0.15, 0.2) is 78.9 Å². The largest absolute Gasteiger partial charge is 0.497 e. The highest BCUT2D eigenvalue weighted by Gasteiger charge is 2.35. The Morgan fingerprint density at radius 1 is 0.861 bits per heavy atom. The fourth-order valence-electron chi connectivity index (χ4n) is 3.66. The van der Waals surface area contributed by atoms with E-state index >= 15 is 0 Å². The van der Waals surface area contributed by atoms with Crippen molar-refractivity contribution in [3.8, 4) is 34.0 Å². The van der Waals surface area contributed by atoms with Gasteiger partial charge in [-0.3, -0.25) is 4.79 Å². The molecule has 1 N–H and O–H groups in total. The van der Waals surface area contributed by atoms with Crippen molar-refractivity contribution in [1.82, 2.24) is 4.98 Å². The van der Waals surface area contributed by atoms with Crippen LogP contribution < -0.4 is 14.8 Å². The third-order valence-electron chi connectivity index (χ3n) is 5.38. The minimum absolute atomic E-state index is 0.251. The van der Waals surface area contributed by atoms with Gasteiger partial charge in [0.15, 0.2) is 0 Å². The van der Waals surface area contributed by atoms with Gasteiger partial charge in [-0.1, -0.05) is 18.2 Å². The minimum Gasteiger partial charge on any atom is -0.497 e. The predicted octanol–water partition coefficient (Wildman–Crippen LogP) is 6.84. The molecule has 0 bridgehead atoms. The van der Waals surface area contributed by atoms with Gasteiger partial charge in [-0.15, -0.1) is 0 Å². The third kappa shape index (κ3) is 5.30. The average Bonchev–Trinajstić information content (AvgIpc) is 2.88. The molecule has 5 nitrogen and oxygen atoms in total. The van der Waals surface area contributed by atoms with Crippen LogP contribution >= 0.6 is 0 Å². The molecular formula is C27H20F4N2O3. The second-order valence-corrected chi connectivity index (χ2v) is 7.70. The number of anilines is 1. The fraction of sp³-hybridized carbons (Fsp3) is 0.111. The van der Waals surface area contributed by atoms with Crippen molar-refractivity contribution >= 4 is 11.6 Å². The van der Waals surface area contributed by atoms with Crippen LogP contribution in [0.3, 0.4) is 0 Å². The Hall–Kier alpha value is -4.40. The van der Waals surface area contributed by atoms with E-state index in [1.165, 1.54) is 6.07 Å². The van der Waals surface area contributed by atoms with Crippen molar-refractivity contribution < 1.29 is 31.8 Å². The number of methoxy groups -OCH3 is 2. The van der Waals surface area contributed by atoms with Crippen molar-refractivity contribution in [2.45, 2.75) is 6.18 Å². The van der Waals surface area contributed by atoms with E-state index < -0.39 is 29.0 Å². The molecule has 4 aromatic rings. The number of ether oxygens (including phenoxy) is 2. The first kappa shape index (κ1) is 24.7. The number of halogens is 4. The Kier molecular flexibility index (Phi) is 6.91. The number of nitrogens with one attached hydrogen (secondary N) is 1. The molecule has 1 amide bonds. The van der Waals surface area contributed by atoms with Gasteiger partial charge in [0, 0.05) is 16.8 Å². The smallest absolute Gasteiger partial charge is 0.417 e. The molecule has 1 aromatic heterocycles. The molecule has 0 atom stereocenters. The third-order valence-corrected chi connectivity index (χ3v) is 5.38. The molecule has 1 heterocycles. The summed E-state index contributed by atoms with van der Waals surface area (Å²) in [5.74, 6) is -0.871. The number of benzene rings is 3. The van der Waals surface area contributed by atoms with Gasteiger partial charge < -0.3 is 14.8 Å². The monoisotopic (exact) mass is 496 g/mol. The maximum atomic E-state index is 13.4. The minimum atomic E-state index is -4.89. The van der Waals surface area contributed by atoms with E-state index in [-0.39, 0.29) is 5.69 Å². The van der Waals surface area contributed by atoms with Gasteiger partial charge in [0.2, 0.25) is 0 Å². The summed E-state index contributed by atoms with van der Waals surface area (Å²) in [6.45, 7) is 0. The Bertz CT molecular complexity index is 1420. The summed E-state index contributed by atoms with van der Waals surface area (Å²) in [6.07, 6.45) is -4.89. The van der Waals surface area contributed by atoms with Crippen LogP contribution in [0.4, 0.5) is 23.2 Å². The number of carbonyl (C=O) groups excluding carboxylic acids is 1. The molecule has 0 spiro atoms. The molecule has 0 aliphatic rings. The molecule has 4 rings (SSSR count). The normalized spacial score (nSPS) is 11.2. The Labute approximate surface area is 204 Å². The number of hydrogen-bond acceptors (Lipinski definition) is 4. The molecule has 3 aromatic carbocycles. The zero-order chi connectivity index (χ0) is 25.9. The van der Waals surface area contributed by atoms with E-state index in [0.717, 1.165) is 12.1 Å². The summed E-state index contributed by atoms with van der Waals surface area (Å²) in [7, 11) is 3.10. The van der Waals surface area contributed by atoms with Crippen molar-refractivity contribution in [1.29, 1.82) is 0 Å². The highest BCUT2D eigenvalue weighted by Crippen LogP contribution is 2.35. The van der Waals surface area contributed by atoms with Gasteiger partial charge in [-0.2, -0.15) is 13.2 Å². The van der Waals surface area contributed by atoms with Crippen LogP contribution in [-0.4, -0.2) is 25.1 Å². The van der Waals surface area contributed by atoms with E-state index in [0.29, 0.717) is 40.1 Å². The quantitative estimate of drug-likeness (QED) is 0.297. The summed E-state index contributed by atoms with van der Waals surface area (Å²) in [5.41, 5.74) is 0.717. The molecule has 0 fully saturated rings. The number of hydrogen-bond donors (Lipinski definition) is 1. The highest BCUT2D eigenvalue weighted by molar-refractivity contribution is 6.05. The maximum Gasteiger partial charge on any atom is 0.417 e. The molecule has 0 radical (unpaired) electrons. The fourth-order valence-corrected chi connectivity index (χ4v) is 3.66. The van der Waals surface area contributed by atoms with Gasteiger partial charge >= 0.3 is 6.18 Å². The van der Waals surface area contributed by atoms with Crippen molar-refractivity contribution in [2.75, 3.05) is 19.5 Å². The van der Waals surface area contributed by atoms with Crippen LogP contribution in [0.1, 0.15) is 15.9 Å². The zero-order valence-electron chi connectivity index (χ0n) is 19.2. The molecule has 0 aliphatic heterocycles. The van der Waals surface area contributed by atoms with E-state index in [9.17, 15) is 22.4 Å². The lowest BCUT2D eigenvalue weighted by molar-refractivity contribution is -0.138. The van der Waals surface area contributed by atoms with Gasteiger partial charge in [0.25, 0.3) is 5.91 Å². The lowest BCUT2D eigenvalue weighted by Gasteiger charge is -2.14. The second kappa shape index (κ2) is 10.1. The molecule has 0 aliphatic carbocycles. The number of pyridine rings is 1. The molecular weight excluding hydrogens is 476 g/mol. The highest BCUT2D eigenvalue weighted by atomic mass is 19.4. The number of alkyl halides is 3. The first-order valence-electron chi connectivity index (χ1n) is 10.7. The van der Waals surface area contributed by atoms with E-state index in [4.69, 9.17) is 14.5 Å². The number of rotatable bonds is 6. The number of nitrogens with zero attached hydrogens (tertiary/aromatic N) is 1. The first-order valence-corrected chi connectivity index (χ1v) is 10.7. The summed E-state index contributed by atoms with van der Waals surface area (Å²) >= 11 is 0. The van der Waals surface area contributed by atoms with Gasteiger partial charge in [0.05, 0.1) is 36.7 Å². The van der Waals surface area contributed by atoms with E-state index in [1.54, 1.807) is 68.8 Å². The average molecular weight is 496 g/mol. The summed E-state index contributed by atoms with van der Waals surface area (Å²) < 4.78 is 64.1. The molecule has 9 heteroatoms. The Balaban J connectivity index is 1.65. The number of amides is 1. The van der Waals surface area contributed by atoms with Crippen molar-refractivity contribution in [3.05, 3.63) is 95.8 Å². The predicted molar refractivity (Wildman–Crippen MR) is 128 cm³/mol. The van der Waals surface area contributed by atoms with Gasteiger partial charge in [0.1, 0.15) is 17.3 Å². The van der Waals surface area contributed by atoms with Crippen molar-refractivity contribution in [3.63, 3.8) is 0 Å². The summed E-state index contributed by atoms with van der Waals surface area (Å²) in [4.78, 5) is 17.3. The van der Waals surface area contributed by atoms with Crippen LogP contribution in [0, 0.1) is 5.82 Å². The zero-order valence-corrected chi connectivity index (χ0v) is 19.2. The van der Waals surface area contributed by atoms with E-state index in [1.807, 2.05) is 0 Å². The van der Waals surface area contributed by atoms with Gasteiger partial charge in [-0.05, 0) is 60.7 Å². The molecule has 36 heavy (non-hydrogen) atoms. The van der Waals surface area contributed by atoms with Crippen LogP contribution in [-0.2, 0) is 6.18 Å². The summed E-state index contributed by atoms with van der Waals surface area (Å²) in [5, 5.41) is 2.45. The standard InChI is InChI=1S/C27H20F4N2O3/c1-35-19-10-12-25(36-2)21(15-19)24-8-4-7-23(33-24)16-5-3-6-18(13-16)32-26(34)20-11-9-17(28)14-22(20)27(29,30)31/h3-15H,1-2H3,(H,32,34). The van der Waals surface area contributed by atoms with Gasteiger partial charge in [-0.25, -0.2) is 9.37 Å². The Morgan fingerprint density at radius 3 is 2.33 bits per heavy atom. The summed E-state index contributed by atoms with van der Waals surface area (Å²) in [6, 6.07) is 19.1. The molecule has 184 valence electrons. The second-order valence-electron chi connectivity index (χ2n) is 7.70. The van der Waals surface area contributed by atoms with E-state index in [2.05, 4.69) is 5.32 Å². The van der Waals surface area contributed by atoms with Crippen LogP contribution in [0.25, 0.3) is 22.5 Å². The molecule has 0 saturated heterocycles.